The zero-order valence-electron chi connectivity index (χ0n) is 10.4. The number of aryl methyl sites for hydroxylation is 1. The molecule has 0 saturated heterocycles. The van der Waals surface area contributed by atoms with Crippen LogP contribution < -0.4 is 10.5 Å². The van der Waals surface area contributed by atoms with Gasteiger partial charge in [0.1, 0.15) is 5.75 Å². The number of benzene rings is 1. The van der Waals surface area contributed by atoms with E-state index >= 15 is 0 Å². The van der Waals surface area contributed by atoms with Crippen molar-refractivity contribution in [1.29, 1.82) is 0 Å². The minimum absolute atomic E-state index is 0.240. The number of hydrogen-bond acceptors (Lipinski definition) is 3. The van der Waals surface area contributed by atoms with Gasteiger partial charge in [0.15, 0.2) is 0 Å². The molecule has 3 rings (SSSR count). The topological polar surface area (TPSA) is 35.2 Å². The molecule has 2 N–H and O–H groups in total. The van der Waals surface area contributed by atoms with Crippen LogP contribution in [0.2, 0.25) is 5.02 Å². The third kappa shape index (κ3) is 2.31. The van der Waals surface area contributed by atoms with Crippen molar-refractivity contribution >= 4 is 38.9 Å². The Bertz CT molecular complexity index is 641. The summed E-state index contributed by atoms with van der Waals surface area (Å²) in [4.78, 5) is 0.995. The highest BCUT2D eigenvalue weighted by atomic mass is 79.9. The molecule has 0 fully saturated rings. The Labute approximate surface area is 129 Å². The molecule has 19 heavy (non-hydrogen) atoms. The van der Waals surface area contributed by atoms with Gasteiger partial charge in [-0.15, -0.1) is 11.3 Å². The van der Waals surface area contributed by atoms with E-state index in [2.05, 4.69) is 22.0 Å². The number of rotatable bonds is 2. The molecule has 2 heterocycles. The summed E-state index contributed by atoms with van der Waals surface area (Å²) >= 11 is 11.5. The number of ether oxygens (including phenoxy) is 1. The van der Waals surface area contributed by atoms with Crippen molar-refractivity contribution in [3.05, 3.63) is 48.6 Å². The van der Waals surface area contributed by atoms with Crippen molar-refractivity contribution in [3.8, 4) is 5.75 Å². The van der Waals surface area contributed by atoms with E-state index in [4.69, 9.17) is 22.1 Å². The lowest BCUT2D eigenvalue weighted by molar-refractivity contribution is 0.352. The van der Waals surface area contributed by atoms with Gasteiger partial charge in [-0.3, -0.25) is 0 Å². The summed E-state index contributed by atoms with van der Waals surface area (Å²) in [5, 5.41) is 2.81. The largest absolute Gasteiger partial charge is 0.493 e. The molecule has 0 bridgehead atoms. The average molecular weight is 359 g/mol. The molecular formula is C14H13BrClNOS. The van der Waals surface area contributed by atoms with Gasteiger partial charge in [-0.2, -0.15) is 0 Å². The lowest BCUT2D eigenvalue weighted by Gasteiger charge is -2.15. The molecule has 0 amide bonds. The highest BCUT2D eigenvalue weighted by Crippen LogP contribution is 2.41. The maximum absolute atomic E-state index is 6.40. The monoisotopic (exact) mass is 357 g/mol. The van der Waals surface area contributed by atoms with Gasteiger partial charge in [-0.25, -0.2) is 0 Å². The summed E-state index contributed by atoms with van der Waals surface area (Å²) in [6.07, 6.45) is 0.936. The van der Waals surface area contributed by atoms with Gasteiger partial charge in [-0.1, -0.05) is 27.5 Å². The van der Waals surface area contributed by atoms with Gasteiger partial charge in [0, 0.05) is 21.3 Å². The molecule has 2 aromatic rings. The summed E-state index contributed by atoms with van der Waals surface area (Å²) in [5.74, 6) is 0.929. The third-order valence-corrected chi connectivity index (χ3v) is 5.57. The normalized spacial score (nSPS) is 15.2. The number of hydrogen-bond donors (Lipinski definition) is 1. The van der Waals surface area contributed by atoms with Crippen molar-refractivity contribution < 1.29 is 4.74 Å². The molecule has 0 spiro atoms. The van der Waals surface area contributed by atoms with E-state index in [1.165, 1.54) is 5.56 Å². The van der Waals surface area contributed by atoms with E-state index in [1.807, 2.05) is 18.4 Å². The molecule has 0 radical (unpaired) electrons. The van der Waals surface area contributed by atoms with Crippen molar-refractivity contribution in [2.24, 2.45) is 5.73 Å². The second-order valence-electron chi connectivity index (χ2n) is 4.66. The molecule has 100 valence electrons. The summed E-state index contributed by atoms with van der Waals surface area (Å²) in [6.45, 7) is 2.72. The van der Waals surface area contributed by atoms with E-state index in [0.29, 0.717) is 0 Å². The molecule has 1 aromatic carbocycles. The van der Waals surface area contributed by atoms with Crippen molar-refractivity contribution in [3.63, 3.8) is 0 Å². The van der Waals surface area contributed by atoms with Crippen LogP contribution in [0.3, 0.4) is 0 Å². The van der Waals surface area contributed by atoms with Crippen molar-refractivity contribution in [2.75, 3.05) is 6.61 Å². The van der Waals surface area contributed by atoms with Crippen LogP contribution in [0.4, 0.5) is 0 Å². The van der Waals surface area contributed by atoms with E-state index in [9.17, 15) is 0 Å². The summed E-state index contributed by atoms with van der Waals surface area (Å²) in [5.41, 5.74) is 9.69. The fourth-order valence-corrected chi connectivity index (χ4v) is 4.18. The summed E-state index contributed by atoms with van der Waals surface area (Å²) < 4.78 is 6.77. The zero-order valence-corrected chi connectivity index (χ0v) is 13.5. The summed E-state index contributed by atoms with van der Waals surface area (Å²) in [6, 6.07) is 3.88. The Morgan fingerprint density at radius 2 is 2.26 bits per heavy atom. The first-order valence-corrected chi connectivity index (χ1v) is 8.07. The first-order valence-electron chi connectivity index (χ1n) is 6.02. The quantitative estimate of drug-likeness (QED) is 0.860. The SMILES string of the molecule is Cc1csc(C(N)c2cc(Br)cc3c2OCC3)c1Cl. The van der Waals surface area contributed by atoms with Gasteiger partial charge in [0.05, 0.1) is 17.7 Å². The lowest BCUT2D eigenvalue weighted by Crippen LogP contribution is -2.12. The molecule has 1 unspecified atom stereocenters. The first kappa shape index (κ1) is 13.4. The molecule has 1 atom stereocenters. The lowest BCUT2D eigenvalue weighted by atomic mass is 10.0. The molecule has 1 aromatic heterocycles. The second-order valence-corrected chi connectivity index (χ2v) is 6.86. The smallest absolute Gasteiger partial charge is 0.127 e. The molecular weight excluding hydrogens is 346 g/mol. The maximum atomic E-state index is 6.40. The van der Waals surface area contributed by atoms with Gasteiger partial charge in [-0.05, 0) is 35.6 Å². The number of thiophene rings is 1. The third-order valence-electron chi connectivity index (χ3n) is 3.32. The van der Waals surface area contributed by atoms with Crippen molar-refractivity contribution in [1.82, 2.24) is 0 Å². The van der Waals surface area contributed by atoms with Crippen LogP contribution in [0.15, 0.2) is 22.0 Å². The van der Waals surface area contributed by atoms with E-state index in [-0.39, 0.29) is 6.04 Å². The molecule has 1 aliphatic heterocycles. The van der Waals surface area contributed by atoms with Gasteiger partial charge < -0.3 is 10.5 Å². The number of fused-ring (bicyclic) bond motifs is 1. The van der Waals surface area contributed by atoms with Crippen LogP contribution in [0.1, 0.15) is 27.6 Å². The minimum atomic E-state index is -0.240. The highest BCUT2D eigenvalue weighted by molar-refractivity contribution is 9.10. The Morgan fingerprint density at radius 1 is 1.47 bits per heavy atom. The van der Waals surface area contributed by atoms with Gasteiger partial charge >= 0.3 is 0 Å². The molecule has 0 aliphatic carbocycles. The number of nitrogens with two attached hydrogens (primary N) is 1. The van der Waals surface area contributed by atoms with Crippen LogP contribution in [0.5, 0.6) is 5.75 Å². The van der Waals surface area contributed by atoms with Crippen LogP contribution in [0.25, 0.3) is 0 Å². The molecule has 2 nitrogen and oxygen atoms in total. The average Bonchev–Trinajstić information content (AvgIpc) is 2.96. The first-order chi connectivity index (χ1) is 9.08. The maximum Gasteiger partial charge on any atom is 0.127 e. The zero-order chi connectivity index (χ0) is 13.6. The van der Waals surface area contributed by atoms with Gasteiger partial charge in [0.2, 0.25) is 0 Å². The Hall–Kier alpha value is -0.550. The Kier molecular flexibility index (Phi) is 3.60. The van der Waals surface area contributed by atoms with Gasteiger partial charge in [0.25, 0.3) is 0 Å². The van der Waals surface area contributed by atoms with E-state index in [0.717, 1.165) is 44.3 Å². The van der Waals surface area contributed by atoms with Crippen LogP contribution in [-0.2, 0) is 6.42 Å². The predicted octanol–water partition coefficient (Wildman–Crippen LogP) is 4.46. The standard InChI is InChI=1S/C14H13BrClNOS/c1-7-6-19-14(11(7)16)12(17)10-5-9(15)4-8-2-3-18-13(8)10/h4-6,12H,2-3,17H2,1H3. The Morgan fingerprint density at radius 3 is 2.95 bits per heavy atom. The van der Waals surface area contributed by atoms with Crippen LogP contribution >= 0.6 is 38.9 Å². The van der Waals surface area contributed by atoms with Crippen LogP contribution in [0, 0.1) is 6.92 Å². The molecule has 0 saturated carbocycles. The molecule has 5 heteroatoms. The second kappa shape index (κ2) is 5.09. The van der Waals surface area contributed by atoms with E-state index in [1.54, 1.807) is 11.3 Å². The Balaban J connectivity index is 2.10. The predicted molar refractivity (Wildman–Crippen MR) is 83.4 cm³/mol. The minimum Gasteiger partial charge on any atom is -0.493 e. The molecule has 1 aliphatic rings. The highest BCUT2D eigenvalue weighted by Gasteiger charge is 2.24. The van der Waals surface area contributed by atoms with E-state index < -0.39 is 0 Å². The van der Waals surface area contributed by atoms with Crippen LogP contribution in [-0.4, -0.2) is 6.61 Å². The van der Waals surface area contributed by atoms with Crippen molar-refractivity contribution in [2.45, 2.75) is 19.4 Å². The number of halogens is 2. The summed E-state index contributed by atoms with van der Waals surface area (Å²) in [7, 11) is 0. The fraction of sp³-hybridized carbons (Fsp3) is 0.286. The fourth-order valence-electron chi connectivity index (χ4n) is 2.33.